The van der Waals surface area contributed by atoms with Gasteiger partial charge in [0.1, 0.15) is 5.82 Å². The average molecular weight is 368 g/mol. The molecule has 26 heavy (non-hydrogen) atoms. The lowest BCUT2D eigenvalue weighted by atomic mass is 10.1. The Kier molecular flexibility index (Phi) is 5.48. The lowest BCUT2D eigenvalue weighted by Crippen LogP contribution is -2.13. The second-order valence-corrected chi connectivity index (χ2v) is 6.46. The summed E-state index contributed by atoms with van der Waals surface area (Å²) in [6.07, 6.45) is 1.81. The fraction of sp³-hybridized carbons (Fsp3) is 0.105. The highest BCUT2D eigenvalue weighted by Gasteiger charge is 2.13. The molecule has 0 radical (unpaired) electrons. The summed E-state index contributed by atoms with van der Waals surface area (Å²) in [5.74, 6) is 0.443. The van der Waals surface area contributed by atoms with Gasteiger partial charge in [0.05, 0.1) is 5.56 Å². The zero-order chi connectivity index (χ0) is 18.5. The molecule has 1 aromatic heterocycles. The monoisotopic (exact) mass is 368 g/mol. The number of hydrogen-bond donors (Lipinski definition) is 1. The highest BCUT2D eigenvalue weighted by atomic mass is 32.2. The molecule has 0 spiro atoms. The molecule has 1 amide bonds. The van der Waals surface area contributed by atoms with Crippen molar-refractivity contribution in [2.45, 2.75) is 5.16 Å². The molecular formula is C19H17FN4OS. The summed E-state index contributed by atoms with van der Waals surface area (Å²) in [7, 11) is 1.90. The van der Waals surface area contributed by atoms with Crippen molar-refractivity contribution in [1.29, 1.82) is 0 Å². The standard InChI is InChI=1S/C19H17FN4OS/c1-3-12-26-19-23-22-17(24(19)2)13-8-10-14(11-9-13)21-18(25)15-6-4-5-7-16(15)20/h3-11H,1,12H2,2H3,(H,21,25). The maximum atomic E-state index is 13.7. The smallest absolute Gasteiger partial charge is 0.258 e. The molecule has 0 aliphatic heterocycles. The maximum absolute atomic E-state index is 13.7. The van der Waals surface area contributed by atoms with Crippen molar-refractivity contribution < 1.29 is 9.18 Å². The minimum Gasteiger partial charge on any atom is -0.322 e. The fourth-order valence-electron chi connectivity index (χ4n) is 2.37. The number of carbonyl (C=O) groups is 1. The molecule has 132 valence electrons. The first kappa shape index (κ1) is 17.9. The molecular weight excluding hydrogens is 351 g/mol. The molecule has 3 rings (SSSR count). The van der Waals surface area contributed by atoms with Crippen LogP contribution in [0.4, 0.5) is 10.1 Å². The van der Waals surface area contributed by atoms with Crippen LogP contribution in [0, 0.1) is 5.82 Å². The van der Waals surface area contributed by atoms with E-state index in [1.165, 1.54) is 12.1 Å². The second-order valence-electron chi connectivity index (χ2n) is 5.48. The van der Waals surface area contributed by atoms with Crippen LogP contribution in [0.25, 0.3) is 11.4 Å². The molecule has 0 aliphatic carbocycles. The number of thioether (sulfide) groups is 1. The summed E-state index contributed by atoms with van der Waals surface area (Å²) in [5.41, 5.74) is 1.45. The Morgan fingerprint density at radius 3 is 2.65 bits per heavy atom. The molecule has 0 fully saturated rings. The first-order valence-corrected chi connectivity index (χ1v) is 8.88. The van der Waals surface area contributed by atoms with E-state index in [9.17, 15) is 9.18 Å². The van der Waals surface area contributed by atoms with Crippen LogP contribution in [0.15, 0.2) is 66.3 Å². The largest absolute Gasteiger partial charge is 0.322 e. The molecule has 7 heteroatoms. The van der Waals surface area contributed by atoms with Gasteiger partial charge in [-0.1, -0.05) is 30.0 Å². The number of hydrogen-bond acceptors (Lipinski definition) is 4. The molecule has 0 atom stereocenters. The van der Waals surface area contributed by atoms with Gasteiger partial charge in [0.15, 0.2) is 11.0 Å². The van der Waals surface area contributed by atoms with Crippen molar-refractivity contribution in [2.75, 3.05) is 11.1 Å². The number of halogens is 1. The summed E-state index contributed by atoms with van der Waals surface area (Å²) in [5, 5.41) is 11.9. The Bertz CT molecular complexity index is 937. The summed E-state index contributed by atoms with van der Waals surface area (Å²) in [4.78, 5) is 12.2. The summed E-state index contributed by atoms with van der Waals surface area (Å²) in [6.45, 7) is 3.69. The molecule has 3 aromatic rings. The SMILES string of the molecule is C=CCSc1nnc(-c2ccc(NC(=O)c3ccccc3F)cc2)n1C. The van der Waals surface area contributed by atoms with E-state index in [-0.39, 0.29) is 5.56 Å². The highest BCUT2D eigenvalue weighted by Crippen LogP contribution is 2.24. The normalized spacial score (nSPS) is 10.5. The van der Waals surface area contributed by atoms with Gasteiger partial charge in [-0.25, -0.2) is 4.39 Å². The number of aromatic nitrogens is 3. The Labute approximate surface area is 155 Å². The number of amides is 1. The van der Waals surface area contributed by atoms with Gasteiger partial charge < -0.3 is 9.88 Å². The van der Waals surface area contributed by atoms with Gasteiger partial charge >= 0.3 is 0 Å². The van der Waals surface area contributed by atoms with Gasteiger partial charge in [-0.2, -0.15) is 0 Å². The van der Waals surface area contributed by atoms with Crippen LogP contribution in [0.3, 0.4) is 0 Å². The first-order chi connectivity index (χ1) is 12.6. The predicted octanol–water partition coefficient (Wildman–Crippen LogP) is 4.15. The summed E-state index contributed by atoms with van der Waals surface area (Å²) >= 11 is 1.55. The molecule has 0 saturated heterocycles. The van der Waals surface area contributed by atoms with Crippen LogP contribution in [0.2, 0.25) is 0 Å². The van der Waals surface area contributed by atoms with Gasteiger partial charge in [0, 0.05) is 24.1 Å². The van der Waals surface area contributed by atoms with E-state index in [4.69, 9.17) is 0 Å². The van der Waals surface area contributed by atoms with Crippen LogP contribution in [-0.4, -0.2) is 26.4 Å². The Hall–Kier alpha value is -2.93. The lowest BCUT2D eigenvalue weighted by molar-refractivity contribution is 0.102. The third-order valence-corrected chi connectivity index (χ3v) is 4.70. The number of nitrogens with one attached hydrogen (secondary N) is 1. The highest BCUT2D eigenvalue weighted by molar-refractivity contribution is 7.99. The van der Waals surface area contributed by atoms with Gasteiger partial charge in [-0.3, -0.25) is 4.79 Å². The van der Waals surface area contributed by atoms with E-state index >= 15 is 0 Å². The van der Waals surface area contributed by atoms with E-state index in [1.54, 1.807) is 36.0 Å². The molecule has 0 saturated carbocycles. The number of benzene rings is 2. The van der Waals surface area contributed by atoms with Gasteiger partial charge in [0.25, 0.3) is 5.91 Å². The minimum absolute atomic E-state index is 0.00811. The number of nitrogens with zero attached hydrogens (tertiary/aromatic N) is 3. The molecule has 1 N–H and O–H groups in total. The van der Waals surface area contributed by atoms with E-state index in [0.717, 1.165) is 22.3 Å². The first-order valence-electron chi connectivity index (χ1n) is 7.89. The van der Waals surface area contributed by atoms with E-state index in [0.29, 0.717) is 5.69 Å². The van der Waals surface area contributed by atoms with Gasteiger partial charge in [-0.05, 0) is 36.4 Å². The molecule has 1 heterocycles. The maximum Gasteiger partial charge on any atom is 0.258 e. The number of carbonyl (C=O) groups excluding carboxylic acids is 1. The van der Waals surface area contributed by atoms with Crippen molar-refractivity contribution in [3.63, 3.8) is 0 Å². The van der Waals surface area contributed by atoms with Gasteiger partial charge in [-0.15, -0.1) is 16.8 Å². The zero-order valence-electron chi connectivity index (χ0n) is 14.1. The minimum atomic E-state index is -0.551. The second kappa shape index (κ2) is 7.97. The molecule has 5 nitrogen and oxygen atoms in total. The number of rotatable bonds is 6. The fourth-order valence-corrected chi connectivity index (χ4v) is 3.02. The van der Waals surface area contributed by atoms with E-state index < -0.39 is 11.7 Å². The topological polar surface area (TPSA) is 59.8 Å². The number of anilines is 1. The van der Waals surface area contributed by atoms with Crippen molar-refractivity contribution >= 4 is 23.4 Å². The van der Waals surface area contributed by atoms with E-state index in [1.807, 2.05) is 29.8 Å². The average Bonchev–Trinajstić information content (AvgIpc) is 3.01. The predicted molar refractivity (Wildman–Crippen MR) is 102 cm³/mol. The van der Waals surface area contributed by atoms with Crippen molar-refractivity contribution in [3.05, 3.63) is 72.6 Å². The summed E-state index contributed by atoms with van der Waals surface area (Å²) < 4.78 is 15.6. The quantitative estimate of drug-likeness (QED) is 0.524. The van der Waals surface area contributed by atoms with Crippen LogP contribution in [-0.2, 0) is 7.05 Å². The third-order valence-electron chi connectivity index (χ3n) is 3.68. The Balaban J connectivity index is 1.75. The molecule has 0 unspecified atom stereocenters. The van der Waals surface area contributed by atoms with Gasteiger partial charge in [0.2, 0.25) is 0 Å². The molecule has 2 aromatic carbocycles. The van der Waals surface area contributed by atoms with Crippen molar-refractivity contribution in [2.24, 2.45) is 7.05 Å². The molecule has 0 bridgehead atoms. The van der Waals surface area contributed by atoms with Crippen LogP contribution in [0.5, 0.6) is 0 Å². The van der Waals surface area contributed by atoms with E-state index in [2.05, 4.69) is 22.1 Å². The summed E-state index contributed by atoms with van der Waals surface area (Å²) in [6, 6.07) is 13.0. The molecule has 0 aliphatic rings. The van der Waals surface area contributed by atoms with Crippen molar-refractivity contribution in [3.8, 4) is 11.4 Å². The Morgan fingerprint density at radius 2 is 1.96 bits per heavy atom. The zero-order valence-corrected chi connectivity index (χ0v) is 15.0. The van der Waals surface area contributed by atoms with Crippen LogP contribution in [0.1, 0.15) is 10.4 Å². The third kappa shape index (κ3) is 3.83. The van der Waals surface area contributed by atoms with Crippen LogP contribution >= 0.6 is 11.8 Å². The van der Waals surface area contributed by atoms with Crippen molar-refractivity contribution in [1.82, 2.24) is 14.8 Å². The van der Waals surface area contributed by atoms with Crippen LogP contribution < -0.4 is 5.32 Å². The lowest BCUT2D eigenvalue weighted by Gasteiger charge is -2.07. The Morgan fingerprint density at radius 1 is 1.23 bits per heavy atom.